The predicted octanol–water partition coefficient (Wildman–Crippen LogP) is 3.48. The molecule has 2 aromatic carbocycles. The molecule has 0 atom stereocenters. The van der Waals surface area contributed by atoms with Crippen LogP contribution in [0.3, 0.4) is 0 Å². The number of halogens is 1. The summed E-state index contributed by atoms with van der Waals surface area (Å²) in [5.41, 5.74) is 8.23. The van der Waals surface area contributed by atoms with E-state index in [0.717, 1.165) is 16.2 Å². The third-order valence-corrected chi connectivity index (χ3v) is 5.12. The maximum Gasteiger partial charge on any atom is 0.250 e. The number of anilines is 1. The Labute approximate surface area is 163 Å². The normalized spacial score (nSPS) is 10.9. The van der Waals surface area contributed by atoms with Crippen molar-refractivity contribution in [3.05, 3.63) is 77.2 Å². The number of para-hydroxylation sites is 1. The molecule has 0 saturated carbocycles. The first-order valence-electron chi connectivity index (χ1n) is 8.41. The van der Waals surface area contributed by atoms with E-state index >= 15 is 0 Å². The number of carbonyl (C=O) groups excluding carboxylic acids is 2. The fraction of sp³-hybridized carbons (Fsp3) is 0.0500. The first kappa shape index (κ1) is 17.9. The van der Waals surface area contributed by atoms with Crippen molar-refractivity contribution in [2.75, 3.05) is 5.32 Å². The number of fused-ring (bicyclic) bond motifs is 1. The van der Waals surface area contributed by atoms with E-state index in [-0.39, 0.29) is 23.7 Å². The quantitative estimate of drug-likeness (QED) is 0.543. The maximum absolute atomic E-state index is 13.1. The van der Waals surface area contributed by atoms with E-state index in [1.54, 1.807) is 36.4 Å². The number of nitrogens with two attached hydrogens (primary N) is 1. The smallest absolute Gasteiger partial charge is 0.250 e. The van der Waals surface area contributed by atoms with E-state index < -0.39 is 5.91 Å². The highest BCUT2D eigenvalue weighted by molar-refractivity contribution is 7.15. The molecule has 0 spiro atoms. The number of thiazole rings is 1. The minimum Gasteiger partial charge on any atom is -0.366 e. The van der Waals surface area contributed by atoms with Gasteiger partial charge in [-0.05, 0) is 36.4 Å². The topological polar surface area (TPSA) is 89.5 Å². The Kier molecular flexibility index (Phi) is 4.62. The van der Waals surface area contributed by atoms with Crippen LogP contribution in [0.4, 0.5) is 10.1 Å². The predicted molar refractivity (Wildman–Crippen MR) is 106 cm³/mol. The van der Waals surface area contributed by atoms with Gasteiger partial charge in [-0.15, -0.1) is 11.3 Å². The van der Waals surface area contributed by atoms with Gasteiger partial charge in [0, 0.05) is 22.8 Å². The van der Waals surface area contributed by atoms with Crippen LogP contribution in [-0.2, 0) is 11.2 Å². The van der Waals surface area contributed by atoms with E-state index in [1.807, 2.05) is 16.0 Å². The number of imidazole rings is 1. The Morgan fingerprint density at radius 3 is 2.64 bits per heavy atom. The largest absolute Gasteiger partial charge is 0.366 e. The molecule has 28 heavy (non-hydrogen) atoms. The van der Waals surface area contributed by atoms with Gasteiger partial charge in [-0.2, -0.15) is 0 Å². The summed E-state index contributed by atoms with van der Waals surface area (Å²) in [4.78, 5) is 29.2. The van der Waals surface area contributed by atoms with E-state index in [9.17, 15) is 14.0 Å². The van der Waals surface area contributed by atoms with Gasteiger partial charge < -0.3 is 11.1 Å². The second-order valence-electron chi connectivity index (χ2n) is 6.15. The molecule has 4 aromatic rings. The summed E-state index contributed by atoms with van der Waals surface area (Å²) < 4.78 is 15.0. The Hall–Kier alpha value is -3.52. The Morgan fingerprint density at radius 1 is 1.14 bits per heavy atom. The van der Waals surface area contributed by atoms with E-state index in [2.05, 4.69) is 10.3 Å². The van der Waals surface area contributed by atoms with Crippen LogP contribution in [0.2, 0.25) is 0 Å². The van der Waals surface area contributed by atoms with Crippen molar-refractivity contribution in [2.45, 2.75) is 6.42 Å². The van der Waals surface area contributed by atoms with Gasteiger partial charge in [0.15, 0.2) is 4.96 Å². The summed E-state index contributed by atoms with van der Waals surface area (Å²) in [6, 6.07) is 12.7. The Balaban J connectivity index is 1.56. The number of aromatic nitrogens is 2. The number of rotatable bonds is 5. The molecule has 3 N–H and O–H groups in total. The van der Waals surface area contributed by atoms with Crippen molar-refractivity contribution in [3.8, 4) is 11.3 Å². The van der Waals surface area contributed by atoms with Crippen LogP contribution >= 0.6 is 11.3 Å². The number of nitrogens with one attached hydrogen (secondary N) is 1. The lowest BCUT2D eigenvalue weighted by molar-refractivity contribution is -0.115. The molecule has 0 bridgehead atoms. The number of carbonyl (C=O) groups is 2. The average Bonchev–Trinajstić information content (AvgIpc) is 3.24. The molecule has 0 aliphatic heterocycles. The van der Waals surface area contributed by atoms with Gasteiger partial charge >= 0.3 is 0 Å². The number of amides is 2. The highest BCUT2D eigenvalue weighted by atomic mass is 32.1. The second kappa shape index (κ2) is 7.24. The molecule has 2 aromatic heterocycles. The molecule has 0 radical (unpaired) electrons. The van der Waals surface area contributed by atoms with Crippen LogP contribution in [0.5, 0.6) is 0 Å². The Morgan fingerprint density at radius 2 is 1.89 bits per heavy atom. The minimum atomic E-state index is -0.604. The molecule has 8 heteroatoms. The number of primary amides is 1. The molecular weight excluding hydrogens is 379 g/mol. The fourth-order valence-electron chi connectivity index (χ4n) is 2.88. The fourth-order valence-corrected chi connectivity index (χ4v) is 3.76. The zero-order valence-electron chi connectivity index (χ0n) is 14.6. The van der Waals surface area contributed by atoms with E-state index in [1.165, 1.54) is 23.5 Å². The number of hydrogen-bond donors (Lipinski definition) is 2. The third kappa shape index (κ3) is 3.49. The van der Waals surface area contributed by atoms with Crippen molar-refractivity contribution in [1.82, 2.24) is 9.38 Å². The van der Waals surface area contributed by atoms with Crippen LogP contribution in [-0.4, -0.2) is 21.2 Å². The van der Waals surface area contributed by atoms with Crippen molar-refractivity contribution in [3.63, 3.8) is 0 Å². The molecule has 0 saturated heterocycles. The van der Waals surface area contributed by atoms with Crippen molar-refractivity contribution in [2.24, 2.45) is 5.73 Å². The molecule has 4 rings (SSSR count). The van der Waals surface area contributed by atoms with Crippen molar-refractivity contribution in [1.29, 1.82) is 0 Å². The molecular formula is C20H15FN4O2S. The first-order chi connectivity index (χ1) is 13.5. The third-order valence-electron chi connectivity index (χ3n) is 4.23. The lowest BCUT2D eigenvalue weighted by Gasteiger charge is -2.08. The van der Waals surface area contributed by atoms with Crippen LogP contribution < -0.4 is 11.1 Å². The van der Waals surface area contributed by atoms with Gasteiger partial charge in [0.05, 0.1) is 23.4 Å². The zero-order valence-corrected chi connectivity index (χ0v) is 15.4. The molecule has 2 amide bonds. The van der Waals surface area contributed by atoms with Gasteiger partial charge in [0.2, 0.25) is 5.91 Å². The summed E-state index contributed by atoms with van der Waals surface area (Å²) in [6.07, 6.45) is 1.92. The van der Waals surface area contributed by atoms with Gasteiger partial charge in [0.25, 0.3) is 5.91 Å². The molecule has 0 fully saturated rings. The molecule has 140 valence electrons. The number of benzene rings is 2. The van der Waals surface area contributed by atoms with E-state index in [0.29, 0.717) is 11.4 Å². The average molecular weight is 394 g/mol. The van der Waals surface area contributed by atoms with Crippen LogP contribution in [0, 0.1) is 5.82 Å². The highest BCUT2D eigenvalue weighted by Crippen LogP contribution is 2.24. The van der Waals surface area contributed by atoms with Crippen LogP contribution in [0.15, 0.2) is 60.1 Å². The van der Waals surface area contributed by atoms with Crippen LogP contribution in [0.25, 0.3) is 16.2 Å². The molecule has 2 heterocycles. The second-order valence-corrected chi connectivity index (χ2v) is 6.98. The van der Waals surface area contributed by atoms with Crippen molar-refractivity contribution < 1.29 is 14.0 Å². The lowest BCUT2D eigenvalue weighted by Crippen LogP contribution is -2.19. The van der Waals surface area contributed by atoms with E-state index in [4.69, 9.17) is 5.73 Å². The molecule has 0 aliphatic rings. The summed E-state index contributed by atoms with van der Waals surface area (Å²) in [5, 5.41) is 4.59. The van der Waals surface area contributed by atoms with Gasteiger partial charge in [-0.25, -0.2) is 9.37 Å². The standard InChI is InChI=1S/C20H15FN4O2S/c21-13-7-5-12(6-8-13)17-10-25-14(11-28-20(25)24-17)9-18(26)23-16-4-2-1-3-15(16)19(22)27/h1-8,10-11H,9H2,(H2,22,27)(H,23,26). The molecule has 0 unspecified atom stereocenters. The number of nitrogens with zero attached hydrogens (tertiary/aromatic N) is 2. The van der Waals surface area contributed by atoms with Crippen molar-refractivity contribution >= 4 is 33.8 Å². The number of hydrogen-bond acceptors (Lipinski definition) is 4. The SMILES string of the molecule is NC(=O)c1ccccc1NC(=O)Cc1csc2nc(-c3ccc(F)cc3)cn12. The highest BCUT2D eigenvalue weighted by Gasteiger charge is 2.15. The summed E-state index contributed by atoms with van der Waals surface area (Å²) in [6.45, 7) is 0. The zero-order chi connectivity index (χ0) is 19.7. The lowest BCUT2D eigenvalue weighted by atomic mass is 10.1. The Bertz CT molecular complexity index is 1180. The van der Waals surface area contributed by atoms with Gasteiger partial charge in [-0.3, -0.25) is 14.0 Å². The molecule has 6 nitrogen and oxygen atoms in total. The maximum atomic E-state index is 13.1. The van der Waals surface area contributed by atoms with Crippen LogP contribution in [0.1, 0.15) is 16.1 Å². The summed E-state index contributed by atoms with van der Waals surface area (Å²) >= 11 is 1.41. The summed E-state index contributed by atoms with van der Waals surface area (Å²) in [5.74, 6) is -1.18. The van der Waals surface area contributed by atoms with Gasteiger partial charge in [-0.1, -0.05) is 12.1 Å². The molecule has 0 aliphatic carbocycles. The minimum absolute atomic E-state index is 0.103. The van der Waals surface area contributed by atoms with Gasteiger partial charge in [0.1, 0.15) is 5.82 Å². The monoisotopic (exact) mass is 394 g/mol. The summed E-state index contributed by atoms with van der Waals surface area (Å²) in [7, 11) is 0. The first-order valence-corrected chi connectivity index (χ1v) is 9.29.